The van der Waals surface area contributed by atoms with Crippen LogP contribution >= 0.6 is 0 Å². The fourth-order valence-electron chi connectivity index (χ4n) is 2.56. The molecule has 0 aliphatic heterocycles. The zero-order chi connectivity index (χ0) is 19.6. The molecule has 5 nitrogen and oxygen atoms in total. The van der Waals surface area contributed by atoms with Gasteiger partial charge >= 0.3 is 5.92 Å². The Labute approximate surface area is 155 Å². The molecule has 0 heterocycles. The van der Waals surface area contributed by atoms with E-state index in [1.54, 1.807) is 19.1 Å². The Hall–Kier alpha value is -2.96. The molecule has 2 N–H and O–H groups in total. The van der Waals surface area contributed by atoms with Crippen molar-refractivity contribution < 1.29 is 23.1 Å². The van der Waals surface area contributed by atoms with Crippen molar-refractivity contribution in [2.24, 2.45) is 5.92 Å². The minimum Gasteiger partial charge on any atom is -0.497 e. The number of benzene rings is 2. The van der Waals surface area contributed by atoms with Crippen molar-refractivity contribution in [1.29, 1.82) is 0 Å². The van der Waals surface area contributed by atoms with E-state index in [0.717, 1.165) is 25.0 Å². The number of alkyl halides is 2. The third-order valence-corrected chi connectivity index (χ3v) is 4.44. The van der Waals surface area contributed by atoms with Gasteiger partial charge in [-0.15, -0.1) is 0 Å². The summed E-state index contributed by atoms with van der Waals surface area (Å²) in [6.07, 6.45) is 1.71. The number of nitrogens with one attached hydrogen (secondary N) is 2. The third-order valence-electron chi connectivity index (χ3n) is 4.44. The maximum absolute atomic E-state index is 14.5. The minimum absolute atomic E-state index is 0.0174. The van der Waals surface area contributed by atoms with E-state index >= 15 is 0 Å². The molecule has 3 rings (SSSR count). The Balaban J connectivity index is 1.76. The van der Waals surface area contributed by atoms with Crippen molar-refractivity contribution >= 4 is 23.2 Å². The van der Waals surface area contributed by atoms with Gasteiger partial charge in [-0.2, -0.15) is 8.78 Å². The molecule has 0 spiro atoms. The van der Waals surface area contributed by atoms with Gasteiger partial charge in [0, 0.05) is 22.9 Å². The van der Waals surface area contributed by atoms with Gasteiger partial charge in [-0.1, -0.05) is 6.07 Å². The zero-order valence-electron chi connectivity index (χ0n) is 15.0. The van der Waals surface area contributed by atoms with Gasteiger partial charge in [-0.05, 0) is 61.7 Å². The molecule has 0 unspecified atom stereocenters. The second-order valence-electron chi connectivity index (χ2n) is 6.55. The van der Waals surface area contributed by atoms with Gasteiger partial charge in [0.25, 0.3) is 5.91 Å². The monoisotopic (exact) mass is 374 g/mol. The summed E-state index contributed by atoms with van der Waals surface area (Å²) >= 11 is 0. The first-order chi connectivity index (χ1) is 12.8. The Morgan fingerprint density at radius 2 is 1.74 bits per heavy atom. The van der Waals surface area contributed by atoms with Crippen molar-refractivity contribution in [3.8, 4) is 5.75 Å². The van der Waals surface area contributed by atoms with Crippen LogP contribution in [0.25, 0.3) is 0 Å². The number of hydrogen-bond acceptors (Lipinski definition) is 3. The van der Waals surface area contributed by atoms with Crippen LogP contribution in [0.15, 0.2) is 42.5 Å². The molecule has 0 aromatic heterocycles. The lowest BCUT2D eigenvalue weighted by atomic mass is 10.1. The highest BCUT2D eigenvalue weighted by molar-refractivity contribution is 5.99. The fraction of sp³-hybridized carbons (Fsp3) is 0.300. The number of hydrogen-bond donors (Lipinski definition) is 2. The molecular weight excluding hydrogens is 354 g/mol. The van der Waals surface area contributed by atoms with E-state index < -0.39 is 17.4 Å². The van der Waals surface area contributed by atoms with Crippen LogP contribution < -0.4 is 15.4 Å². The van der Waals surface area contributed by atoms with Gasteiger partial charge in [-0.25, -0.2) is 0 Å². The number of anilines is 2. The SMILES string of the molecule is COc1ccc(C(F)(F)C(=O)Nc2cc(NC(=O)C3CC3)ccc2C)cc1. The summed E-state index contributed by atoms with van der Waals surface area (Å²) in [5.74, 6) is -4.82. The molecular formula is C20H20F2N2O3. The average Bonchev–Trinajstić information content (AvgIpc) is 3.49. The van der Waals surface area contributed by atoms with E-state index in [-0.39, 0.29) is 17.5 Å². The number of carbonyl (C=O) groups excluding carboxylic acids is 2. The van der Waals surface area contributed by atoms with Crippen LogP contribution in [-0.2, 0) is 15.5 Å². The van der Waals surface area contributed by atoms with Crippen molar-refractivity contribution in [3.63, 3.8) is 0 Å². The summed E-state index contributed by atoms with van der Waals surface area (Å²) in [5.41, 5.74) is 0.859. The van der Waals surface area contributed by atoms with E-state index in [1.165, 1.54) is 25.3 Å². The molecule has 0 radical (unpaired) electrons. The van der Waals surface area contributed by atoms with Crippen LogP contribution in [0.2, 0.25) is 0 Å². The largest absolute Gasteiger partial charge is 0.497 e. The summed E-state index contributed by atoms with van der Waals surface area (Å²) < 4.78 is 33.9. The highest BCUT2D eigenvalue weighted by Gasteiger charge is 2.41. The van der Waals surface area contributed by atoms with Crippen LogP contribution in [0.3, 0.4) is 0 Å². The standard InChI is InChI=1S/C20H20F2N2O3/c1-12-3-8-15(23-18(25)13-4-5-13)11-17(12)24-19(26)20(21,22)14-6-9-16(27-2)10-7-14/h3,6-11,13H,4-5H2,1-2H3,(H,23,25)(H,24,26). The van der Waals surface area contributed by atoms with E-state index in [4.69, 9.17) is 4.74 Å². The van der Waals surface area contributed by atoms with E-state index in [9.17, 15) is 18.4 Å². The Morgan fingerprint density at radius 3 is 2.33 bits per heavy atom. The Morgan fingerprint density at radius 1 is 1.07 bits per heavy atom. The van der Waals surface area contributed by atoms with Gasteiger partial charge in [0.15, 0.2) is 0 Å². The van der Waals surface area contributed by atoms with Gasteiger partial charge in [0.2, 0.25) is 5.91 Å². The smallest absolute Gasteiger partial charge is 0.350 e. The number of methoxy groups -OCH3 is 1. The number of amides is 2. The van der Waals surface area contributed by atoms with Crippen molar-refractivity contribution in [2.75, 3.05) is 17.7 Å². The summed E-state index contributed by atoms with van der Waals surface area (Å²) in [4.78, 5) is 24.1. The first-order valence-electron chi connectivity index (χ1n) is 8.56. The second kappa shape index (κ2) is 7.34. The molecule has 7 heteroatoms. The van der Waals surface area contributed by atoms with Crippen LogP contribution in [0, 0.1) is 12.8 Å². The topological polar surface area (TPSA) is 67.4 Å². The number of rotatable bonds is 6. The van der Waals surface area contributed by atoms with Gasteiger partial charge in [0.1, 0.15) is 5.75 Å². The number of aryl methyl sites for hydroxylation is 1. The van der Waals surface area contributed by atoms with Crippen LogP contribution in [0.5, 0.6) is 5.75 Å². The molecule has 1 saturated carbocycles. The first-order valence-corrected chi connectivity index (χ1v) is 8.56. The normalized spacial score (nSPS) is 13.8. The predicted molar refractivity (Wildman–Crippen MR) is 98.1 cm³/mol. The van der Waals surface area contributed by atoms with E-state index in [1.807, 2.05) is 0 Å². The predicted octanol–water partition coefficient (Wildman–Crippen LogP) is 4.08. The molecule has 2 aromatic carbocycles. The first kappa shape index (κ1) is 18.8. The fourth-order valence-corrected chi connectivity index (χ4v) is 2.56. The van der Waals surface area contributed by atoms with Gasteiger partial charge < -0.3 is 15.4 Å². The van der Waals surface area contributed by atoms with E-state index in [0.29, 0.717) is 17.0 Å². The molecule has 2 amide bonds. The lowest BCUT2D eigenvalue weighted by molar-refractivity contribution is -0.140. The maximum Gasteiger partial charge on any atom is 0.350 e. The van der Waals surface area contributed by atoms with Crippen LogP contribution in [-0.4, -0.2) is 18.9 Å². The molecule has 2 aromatic rings. The van der Waals surface area contributed by atoms with Gasteiger partial charge in [-0.3, -0.25) is 9.59 Å². The summed E-state index contributed by atoms with van der Waals surface area (Å²) in [7, 11) is 1.43. The molecule has 1 aliphatic carbocycles. The molecule has 27 heavy (non-hydrogen) atoms. The Kier molecular flexibility index (Phi) is 5.12. The summed E-state index contributed by atoms with van der Waals surface area (Å²) in [5, 5.41) is 5.00. The quantitative estimate of drug-likeness (QED) is 0.801. The molecule has 0 atom stereocenters. The third kappa shape index (κ3) is 4.24. The maximum atomic E-state index is 14.5. The number of ether oxygens (including phenoxy) is 1. The van der Waals surface area contributed by atoms with E-state index in [2.05, 4.69) is 10.6 Å². The zero-order valence-corrected chi connectivity index (χ0v) is 15.0. The molecule has 142 valence electrons. The number of carbonyl (C=O) groups is 2. The lowest BCUT2D eigenvalue weighted by Crippen LogP contribution is -2.32. The molecule has 0 bridgehead atoms. The highest BCUT2D eigenvalue weighted by atomic mass is 19.3. The number of halogens is 2. The summed E-state index contributed by atoms with van der Waals surface area (Å²) in [6, 6.07) is 9.86. The highest BCUT2D eigenvalue weighted by Crippen LogP contribution is 2.33. The lowest BCUT2D eigenvalue weighted by Gasteiger charge is -2.18. The van der Waals surface area contributed by atoms with Gasteiger partial charge in [0.05, 0.1) is 7.11 Å². The minimum atomic E-state index is -3.72. The average molecular weight is 374 g/mol. The molecule has 1 aliphatic rings. The van der Waals surface area contributed by atoms with Crippen molar-refractivity contribution in [1.82, 2.24) is 0 Å². The molecule has 1 fully saturated rings. The molecule has 0 saturated heterocycles. The second-order valence-corrected chi connectivity index (χ2v) is 6.55. The van der Waals surface area contributed by atoms with Crippen molar-refractivity contribution in [2.45, 2.75) is 25.7 Å². The van der Waals surface area contributed by atoms with Crippen LogP contribution in [0.4, 0.5) is 20.2 Å². The Bertz CT molecular complexity index is 862. The summed E-state index contributed by atoms with van der Waals surface area (Å²) in [6.45, 7) is 1.69. The van der Waals surface area contributed by atoms with Crippen LogP contribution in [0.1, 0.15) is 24.0 Å². The van der Waals surface area contributed by atoms with Crippen molar-refractivity contribution in [3.05, 3.63) is 53.6 Å².